The number of benzene rings is 1. The van der Waals surface area contributed by atoms with Gasteiger partial charge >= 0.3 is 0 Å². The van der Waals surface area contributed by atoms with Crippen LogP contribution in [0, 0.1) is 10.1 Å². The standard InChI is InChI=1S/C14H17ClN2O4/c15-14-11(7-18)12(17(20)21)3-4-13(14)16-8-1-2-9(16)6-10(19)5-8/h3-4,8-10,18-19H,1-2,5-7H2. The molecule has 2 atom stereocenters. The first-order chi connectivity index (χ1) is 10.0. The van der Waals surface area contributed by atoms with Crippen LogP contribution >= 0.6 is 11.6 Å². The number of aliphatic hydroxyl groups is 2. The fraction of sp³-hybridized carbons (Fsp3) is 0.571. The Balaban J connectivity index is 2.02. The van der Waals surface area contributed by atoms with E-state index in [4.69, 9.17) is 11.6 Å². The van der Waals surface area contributed by atoms with Gasteiger partial charge in [0.1, 0.15) is 0 Å². The molecule has 0 spiro atoms. The molecule has 2 unspecified atom stereocenters. The van der Waals surface area contributed by atoms with Crippen LogP contribution in [0.3, 0.4) is 0 Å². The zero-order chi connectivity index (χ0) is 15.1. The highest BCUT2D eigenvalue weighted by Crippen LogP contribution is 2.44. The quantitative estimate of drug-likeness (QED) is 0.660. The predicted octanol–water partition coefficient (Wildman–Crippen LogP) is 2.23. The van der Waals surface area contributed by atoms with Crippen LogP contribution in [0.5, 0.6) is 0 Å². The molecular formula is C14H17ClN2O4. The number of nitro groups is 1. The maximum Gasteiger partial charge on any atom is 0.276 e. The summed E-state index contributed by atoms with van der Waals surface area (Å²) in [5, 5.41) is 30.5. The Morgan fingerprint density at radius 1 is 1.33 bits per heavy atom. The lowest BCUT2D eigenvalue weighted by Crippen LogP contribution is -2.45. The Morgan fingerprint density at radius 2 is 1.95 bits per heavy atom. The second kappa shape index (κ2) is 5.44. The van der Waals surface area contributed by atoms with E-state index >= 15 is 0 Å². The fourth-order valence-corrected chi connectivity index (χ4v) is 3.98. The van der Waals surface area contributed by atoms with Gasteiger partial charge in [0, 0.05) is 18.2 Å². The number of rotatable bonds is 3. The van der Waals surface area contributed by atoms with E-state index in [1.807, 2.05) is 0 Å². The van der Waals surface area contributed by atoms with Gasteiger partial charge < -0.3 is 15.1 Å². The van der Waals surface area contributed by atoms with Crippen LogP contribution in [0.15, 0.2) is 12.1 Å². The number of hydrogen-bond acceptors (Lipinski definition) is 5. The number of piperidine rings is 1. The van der Waals surface area contributed by atoms with Crippen molar-refractivity contribution in [2.24, 2.45) is 0 Å². The molecule has 2 aliphatic heterocycles. The number of fused-ring (bicyclic) bond motifs is 2. The van der Waals surface area contributed by atoms with E-state index in [9.17, 15) is 20.3 Å². The molecule has 21 heavy (non-hydrogen) atoms. The summed E-state index contributed by atoms with van der Waals surface area (Å²) in [5.41, 5.74) is 0.728. The molecule has 2 bridgehead atoms. The van der Waals surface area contributed by atoms with Gasteiger partial charge in [-0.25, -0.2) is 0 Å². The lowest BCUT2D eigenvalue weighted by molar-refractivity contribution is -0.385. The van der Waals surface area contributed by atoms with Crippen LogP contribution < -0.4 is 4.90 Å². The van der Waals surface area contributed by atoms with Crippen LogP contribution in [0.2, 0.25) is 5.02 Å². The molecule has 0 aromatic heterocycles. The van der Waals surface area contributed by atoms with Gasteiger partial charge in [-0.3, -0.25) is 10.1 Å². The van der Waals surface area contributed by atoms with Gasteiger partial charge in [0.25, 0.3) is 5.69 Å². The highest BCUT2D eigenvalue weighted by molar-refractivity contribution is 6.34. The smallest absolute Gasteiger partial charge is 0.276 e. The van der Waals surface area contributed by atoms with Gasteiger partial charge in [0.2, 0.25) is 0 Å². The van der Waals surface area contributed by atoms with Crippen LogP contribution in [0.4, 0.5) is 11.4 Å². The number of nitrogens with zero attached hydrogens (tertiary/aromatic N) is 2. The van der Waals surface area contributed by atoms with Crippen LogP contribution in [-0.4, -0.2) is 33.3 Å². The lowest BCUT2D eigenvalue weighted by Gasteiger charge is -2.39. The predicted molar refractivity (Wildman–Crippen MR) is 78.6 cm³/mol. The summed E-state index contributed by atoms with van der Waals surface area (Å²) < 4.78 is 0. The summed E-state index contributed by atoms with van der Waals surface area (Å²) in [4.78, 5) is 12.6. The van der Waals surface area contributed by atoms with Crippen LogP contribution in [0.25, 0.3) is 0 Å². The van der Waals surface area contributed by atoms with Gasteiger partial charge in [-0.15, -0.1) is 0 Å². The first-order valence-electron chi connectivity index (χ1n) is 7.06. The van der Waals surface area contributed by atoms with Gasteiger partial charge in [-0.05, 0) is 31.7 Å². The fourth-order valence-electron chi connectivity index (χ4n) is 3.66. The van der Waals surface area contributed by atoms with Crippen molar-refractivity contribution in [3.05, 3.63) is 32.8 Å². The average Bonchev–Trinajstić information content (AvgIpc) is 2.70. The molecule has 3 rings (SSSR count). The van der Waals surface area contributed by atoms with E-state index in [2.05, 4.69) is 4.90 Å². The number of hydrogen-bond donors (Lipinski definition) is 2. The van der Waals surface area contributed by atoms with E-state index in [0.717, 1.165) is 18.5 Å². The van der Waals surface area contributed by atoms with E-state index in [-0.39, 0.29) is 34.5 Å². The molecular weight excluding hydrogens is 296 g/mol. The molecule has 1 aromatic carbocycles. The van der Waals surface area contributed by atoms with Gasteiger partial charge in [-0.1, -0.05) is 11.6 Å². The highest BCUT2D eigenvalue weighted by atomic mass is 35.5. The molecule has 7 heteroatoms. The summed E-state index contributed by atoms with van der Waals surface area (Å²) in [6.45, 7) is -0.464. The van der Waals surface area contributed by atoms with Gasteiger partial charge in [0.15, 0.2) is 0 Å². The SMILES string of the molecule is O=[N+]([O-])c1ccc(N2C3CCC2CC(O)C3)c(Cl)c1CO. The Labute approximate surface area is 127 Å². The second-order valence-electron chi connectivity index (χ2n) is 5.73. The molecule has 2 fully saturated rings. The van der Waals surface area contributed by atoms with Crippen LogP contribution in [0.1, 0.15) is 31.2 Å². The summed E-state index contributed by atoms with van der Waals surface area (Å²) >= 11 is 6.32. The molecule has 114 valence electrons. The maximum absolute atomic E-state index is 11.0. The maximum atomic E-state index is 11.0. The third-order valence-electron chi connectivity index (χ3n) is 4.54. The molecule has 0 aliphatic carbocycles. The van der Waals surface area contributed by atoms with Crippen molar-refractivity contribution in [2.45, 2.75) is 50.5 Å². The summed E-state index contributed by atoms with van der Waals surface area (Å²) in [6, 6.07) is 3.48. The van der Waals surface area contributed by atoms with Crippen molar-refractivity contribution in [1.29, 1.82) is 0 Å². The van der Waals surface area contributed by atoms with Gasteiger partial charge in [0.05, 0.1) is 33.9 Å². The van der Waals surface area contributed by atoms with E-state index < -0.39 is 11.5 Å². The summed E-state index contributed by atoms with van der Waals surface area (Å²) in [5.74, 6) is 0. The molecule has 0 amide bonds. The molecule has 2 aliphatic rings. The Bertz CT molecular complexity index is 566. The van der Waals surface area contributed by atoms with E-state index in [1.54, 1.807) is 6.07 Å². The second-order valence-corrected chi connectivity index (χ2v) is 6.11. The van der Waals surface area contributed by atoms with Crippen molar-refractivity contribution < 1.29 is 15.1 Å². The minimum atomic E-state index is -0.532. The molecule has 0 radical (unpaired) electrons. The first kappa shape index (κ1) is 14.6. The van der Waals surface area contributed by atoms with Crippen molar-refractivity contribution in [3.63, 3.8) is 0 Å². The monoisotopic (exact) mass is 312 g/mol. The van der Waals surface area contributed by atoms with Crippen molar-refractivity contribution in [3.8, 4) is 0 Å². The Kier molecular flexibility index (Phi) is 3.77. The normalized spacial score (nSPS) is 28.0. The number of halogens is 1. The molecule has 2 saturated heterocycles. The molecule has 2 N–H and O–H groups in total. The van der Waals surface area contributed by atoms with E-state index in [0.29, 0.717) is 12.8 Å². The molecule has 2 heterocycles. The third-order valence-corrected chi connectivity index (χ3v) is 4.96. The van der Waals surface area contributed by atoms with Crippen molar-refractivity contribution >= 4 is 23.0 Å². The van der Waals surface area contributed by atoms with Crippen LogP contribution in [-0.2, 0) is 6.61 Å². The summed E-state index contributed by atoms with van der Waals surface area (Å²) in [6.07, 6.45) is 3.08. The Hall–Kier alpha value is -1.37. The zero-order valence-electron chi connectivity index (χ0n) is 11.4. The molecule has 0 saturated carbocycles. The molecule has 6 nitrogen and oxygen atoms in total. The number of aliphatic hydroxyl groups excluding tert-OH is 2. The summed E-state index contributed by atoms with van der Waals surface area (Å²) in [7, 11) is 0. The minimum absolute atomic E-state index is 0.157. The average molecular weight is 313 g/mol. The van der Waals surface area contributed by atoms with E-state index in [1.165, 1.54) is 6.07 Å². The van der Waals surface area contributed by atoms with Crippen molar-refractivity contribution in [2.75, 3.05) is 4.90 Å². The van der Waals surface area contributed by atoms with Crippen molar-refractivity contribution in [1.82, 2.24) is 0 Å². The van der Waals surface area contributed by atoms with Gasteiger partial charge in [-0.2, -0.15) is 0 Å². The largest absolute Gasteiger partial charge is 0.393 e. The molecule has 1 aromatic rings. The lowest BCUT2D eigenvalue weighted by atomic mass is 9.98. The third kappa shape index (κ3) is 2.37. The first-order valence-corrected chi connectivity index (χ1v) is 7.43. The number of anilines is 1. The number of nitro benzene ring substituents is 1. The Morgan fingerprint density at radius 3 is 2.48 bits per heavy atom. The minimum Gasteiger partial charge on any atom is -0.393 e. The zero-order valence-corrected chi connectivity index (χ0v) is 12.2. The topological polar surface area (TPSA) is 86.8 Å². The highest BCUT2D eigenvalue weighted by Gasteiger charge is 2.41.